The van der Waals surface area contributed by atoms with Gasteiger partial charge in [0.25, 0.3) is 0 Å². The second-order valence-corrected chi connectivity index (χ2v) is 5.52. The Morgan fingerprint density at radius 1 is 1.32 bits per heavy atom. The van der Waals surface area contributed by atoms with Gasteiger partial charge in [0.1, 0.15) is 5.52 Å². The van der Waals surface area contributed by atoms with E-state index in [1.54, 1.807) is 4.57 Å². The summed E-state index contributed by atoms with van der Waals surface area (Å²) in [5.74, 6) is -1.71. The molecule has 19 heavy (non-hydrogen) atoms. The largest absolute Gasteiger partial charge is 0.381 e. The van der Waals surface area contributed by atoms with Crippen molar-refractivity contribution in [3.05, 3.63) is 28.5 Å². The Kier molecular flexibility index (Phi) is 2.94. The molecule has 1 aliphatic rings. The molecular formula is C13H14F2N2OS. The second kappa shape index (κ2) is 4.38. The summed E-state index contributed by atoms with van der Waals surface area (Å²) < 4.78 is 35.0. The predicted molar refractivity (Wildman–Crippen MR) is 70.7 cm³/mol. The Morgan fingerprint density at radius 3 is 2.68 bits per heavy atom. The SMILES string of the molecule is CC1(n2c(=S)[nH]c3ccc(F)c(F)c32)CCOCC1. The van der Waals surface area contributed by atoms with Crippen LogP contribution >= 0.6 is 12.2 Å². The van der Waals surface area contributed by atoms with Gasteiger partial charge in [0.15, 0.2) is 16.4 Å². The molecule has 3 rings (SSSR count). The first-order valence-corrected chi connectivity index (χ1v) is 6.61. The van der Waals surface area contributed by atoms with E-state index in [4.69, 9.17) is 17.0 Å². The van der Waals surface area contributed by atoms with Crippen molar-refractivity contribution in [3.8, 4) is 0 Å². The van der Waals surface area contributed by atoms with E-state index in [2.05, 4.69) is 4.98 Å². The molecule has 1 fully saturated rings. The van der Waals surface area contributed by atoms with Crippen LogP contribution in [-0.4, -0.2) is 22.8 Å². The summed E-state index contributed by atoms with van der Waals surface area (Å²) in [5, 5.41) is 0. The lowest BCUT2D eigenvalue weighted by Gasteiger charge is -2.35. The van der Waals surface area contributed by atoms with Crippen LogP contribution in [0.4, 0.5) is 8.78 Å². The normalized spacial score (nSPS) is 18.9. The van der Waals surface area contributed by atoms with Crippen molar-refractivity contribution in [1.82, 2.24) is 9.55 Å². The van der Waals surface area contributed by atoms with Crippen molar-refractivity contribution in [2.45, 2.75) is 25.3 Å². The number of fused-ring (bicyclic) bond motifs is 1. The zero-order valence-electron chi connectivity index (χ0n) is 10.5. The maximum Gasteiger partial charge on any atom is 0.184 e. The van der Waals surface area contributed by atoms with Crippen molar-refractivity contribution in [2.75, 3.05) is 13.2 Å². The van der Waals surface area contributed by atoms with Crippen LogP contribution in [0.5, 0.6) is 0 Å². The number of imidazole rings is 1. The van der Waals surface area contributed by atoms with E-state index in [0.29, 0.717) is 23.5 Å². The molecule has 2 heterocycles. The molecule has 1 aliphatic heterocycles. The van der Waals surface area contributed by atoms with Gasteiger partial charge in [0, 0.05) is 18.8 Å². The van der Waals surface area contributed by atoms with Gasteiger partial charge in [-0.3, -0.25) is 0 Å². The fraction of sp³-hybridized carbons (Fsp3) is 0.462. The van der Waals surface area contributed by atoms with Gasteiger partial charge in [0.2, 0.25) is 0 Å². The van der Waals surface area contributed by atoms with Gasteiger partial charge in [-0.15, -0.1) is 0 Å². The number of rotatable bonds is 1. The van der Waals surface area contributed by atoms with Crippen LogP contribution in [0, 0.1) is 16.4 Å². The minimum atomic E-state index is -0.856. The lowest BCUT2D eigenvalue weighted by molar-refractivity contribution is 0.0304. The molecule has 6 heteroatoms. The molecule has 0 atom stereocenters. The fourth-order valence-electron chi connectivity index (χ4n) is 2.68. The summed E-state index contributed by atoms with van der Waals surface area (Å²) in [5.41, 5.74) is 0.397. The molecule has 1 N–H and O–H groups in total. The van der Waals surface area contributed by atoms with Crippen LogP contribution in [0.2, 0.25) is 0 Å². The van der Waals surface area contributed by atoms with E-state index >= 15 is 0 Å². The van der Waals surface area contributed by atoms with Crippen molar-refractivity contribution in [2.24, 2.45) is 0 Å². The summed E-state index contributed by atoms with van der Waals surface area (Å²) in [6, 6.07) is 2.63. The molecular weight excluding hydrogens is 270 g/mol. The zero-order valence-corrected chi connectivity index (χ0v) is 11.3. The highest BCUT2D eigenvalue weighted by molar-refractivity contribution is 7.71. The van der Waals surface area contributed by atoms with Crippen LogP contribution in [-0.2, 0) is 10.3 Å². The van der Waals surface area contributed by atoms with Crippen molar-refractivity contribution in [3.63, 3.8) is 0 Å². The van der Waals surface area contributed by atoms with Crippen LogP contribution in [0.3, 0.4) is 0 Å². The standard InChI is InChI=1S/C13H14F2N2OS/c1-13(4-6-18-7-5-13)17-11-9(16-12(17)19)3-2-8(14)10(11)15/h2-3H,4-7H2,1H3,(H,16,19). The van der Waals surface area contributed by atoms with Crippen LogP contribution < -0.4 is 0 Å². The van der Waals surface area contributed by atoms with Gasteiger partial charge in [-0.1, -0.05) is 0 Å². The van der Waals surface area contributed by atoms with Crippen molar-refractivity contribution < 1.29 is 13.5 Å². The van der Waals surface area contributed by atoms with Gasteiger partial charge >= 0.3 is 0 Å². The van der Waals surface area contributed by atoms with Crippen LogP contribution in [0.15, 0.2) is 12.1 Å². The summed E-state index contributed by atoms with van der Waals surface area (Å²) >= 11 is 5.29. The first-order chi connectivity index (χ1) is 9.03. The van der Waals surface area contributed by atoms with E-state index in [1.165, 1.54) is 6.07 Å². The van der Waals surface area contributed by atoms with E-state index in [9.17, 15) is 8.78 Å². The highest BCUT2D eigenvalue weighted by atomic mass is 32.1. The highest BCUT2D eigenvalue weighted by Gasteiger charge is 2.32. The number of ether oxygens (including phenoxy) is 1. The molecule has 1 aromatic heterocycles. The Labute approximate surface area is 114 Å². The Morgan fingerprint density at radius 2 is 2.00 bits per heavy atom. The third kappa shape index (κ3) is 1.90. The maximum atomic E-state index is 14.1. The number of hydrogen-bond acceptors (Lipinski definition) is 2. The summed E-state index contributed by atoms with van der Waals surface area (Å²) in [6.45, 7) is 3.20. The smallest absolute Gasteiger partial charge is 0.184 e. The van der Waals surface area contributed by atoms with Gasteiger partial charge in [0.05, 0.1) is 5.52 Å². The average molecular weight is 284 g/mol. The van der Waals surface area contributed by atoms with Gasteiger partial charge in [-0.2, -0.15) is 0 Å². The topological polar surface area (TPSA) is 29.9 Å². The third-order valence-corrected chi connectivity index (χ3v) is 4.13. The number of halogens is 2. The van der Waals surface area contributed by atoms with Crippen LogP contribution in [0.25, 0.3) is 11.0 Å². The number of aromatic amines is 1. The molecule has 3 nitrogen and oxygen atoms in total. The number of nitrogens with zero attached hydrogens (tertiary/aromatic N) is 1. The minimum absolute atomic E-state index is 0.217. The molecule has 0 spiro atoms. The highest BCUT2D eigenvalue weighted by Crippen LogP contribution is 2.33. The quantitative estimate of drug-likeness (QED) is 0.812. The van der Waals surface area contributed by atoms with Crippen molar-refractivity contribution >= 4 is 23.3 Å². The number of benzene rings is 1. The fourth-order valence-corrected chi connectivity index (χ4v) is 3.10. The Hall–Kier alpha value is -1.27. The molecule has 0 bridgehead atoms. The Bertz CT molecular complexity index is 686. The van der Waals surface area contributed by atoms with E-state index in [0.717, 1.165) is 18.9 Å². The van der Waals surface area contributed by atoms with Crippen molar-refractivity contribution in [1.29, 1.82) is 0 Å². The second-order valence-electron chi connectivity index (χ2n) is 5.13. The number of nitrogens with one attached hydrogen (secondary N) is 1. The first-order valence-electron chi connectivity index (χ1n) is 6.20. The third-order valence-electron chi connectivity index (χ3n) is 3.85. The summed E-state index contributed by atoms with van der Waals surface area (Å²) in [7, 11) is 0. The zero-order chi connectivity index (χ0) is 13.6. The number of aromatic nitrogens is 2. The summed E-state index contributed by atoms with van der Waals surface area (Å²) in [6.07, 6.45) is 1.45. The molecule has 1 aromatic carbocycles. The monoisotopic (exact) mass is 284 g/mol. The number of hydrogen-bond donors (Lipinski definition) is 1. The predicted octanol–water partition coefficient (Wildman–Crippen LogP) is 3.50. The molecule has 1 saturated heterocycles. The van der Waals surface area contributed by atoms with Gasteiger partial charge in [-0.25, -0.2) is 8.78 Å². The van der Waals surface area contributed by atoms with Gasteiger partial charge < -0.3 is 14.3 Å². The number of H-pyrrole nitrogens is 1. The molecule has 0 saturated carbocycles. The first kappa shape index (κ1) is 12.7. The summed E-state index contributed by atoms with van der Waals surface area (Å²) in [4.78, 5) is 2.95. The molecule has 2 aromatic rings. The van der Waals surface area contributed by atoms with E-state index in [-0.39, 0.29) is 11.1 Å². The van der Waals surface area contributed by atoms with E-state index in [1.807, 2.05) is 6.92 Å². The lowest BCUT2D eigenvalue weighted by Crippen LogP contribution is -2.37. The van der Waals surface area contributed by atoms with Crippen LogP contribution in [0.1, 0.15) is 19.8 Å². The Balaban J connectivity index is 2.31. The van der Waals surface area contributed by atoms with E-state index < -0.39 is 11.6 Å². The maximum absolute atomic E-state index is 14.1. The molecule has 0 aliphatic carbocycles. The molecule has 102 valence electrons. The molecule has 0 unspecified atom stereocenters. The minimum Gasteiger partial charge on any atom is -0.381 e. The van der Waals surface area contributed by atoms with Gasteiger partial charge in [-0.05, 0) is 44.1 Å². The lowest BCUT2D eigenvalue weighted by atomic mass is 9.92. The average Bonchev–Trinajstić information content (AvgIpc) is 2.73. The molecule has 0 radical (unpaired) electrons. The molecule has 0 amide bonds.